The SMILES string of the molecule is CC\C=C/C=C\C=C/C=C\C=C/CCCC(=O)OCC(COC(=O)CCC/C=C\CCCCCC)OC(=O)CCCCCCCCCCCCC. The van der Waals surface area contributed by atoms with E-state index in [1.807, 2.05) is 54.7 Å². The predicted molar refractivity (Wildman–Crippen MR) is 214 cm³/mol. The maximum Gasteiger partial charge on any atom is 0.306 e. The van der Waals surface area contributed by atoms with E-state index < -0.39 is 6.10 Å². The second-order valence-corrected chi connectivity index (χ2v) is 13.3. The molecule has 0 rings (SSSR count). The second kappa shape index (κ2) is 39.6. The Morgan fingerprint density at radius 1 is 0.412 bits per heavy atom. The van der Waals surface area contributed by atoms with Gasteiger partial charge in [-0.1, -0.05) is 177 Å². The van der Waals surface area contributed by atoms with Crippen LogP contribution >= 0.6 is 0 Å². The summed E-state index contributed by atoms with van der Waals surface area (Å²) in [6, 6.07) is 0. The number of esters is 3. The van der Waals surface area contributed by atoms with E-state index in [0.717, 1.165) is 44.9 Å². The van der Waals surface area contributed by atoms with Gasteiger partial charge < -0.3 is 14.2 Å². The predicted octanol–water partition coefficient (Wildman–Crippen LogP) is 12.7. The van der Waals surface area contributed by atoms with Crippen LogP contribution in [0.1, 0.15) is 175 Å². The van der Waals surface area contributed by atoms with Crippen molar-refractivity contribution < 1.29 is 28.6 Å². The van der Waals surface area contributed by atoms with Crippen LogP contribution in [0.4, 0.5) is 0 Å². The molecule has 0 aromatic heterocycles. The fourth-order valence-corrected chi connectivity index (χ4v) is 5.24. The zero-order valence-electron chi connectivity index (χ0n) is 32.8. The molecule has 0 aromatic rings. The van der Waals surface area contributed by atoms with Gasteiger partial charge in [-0.05, 0) is 51.4 Å². The standard InChI is InChI=1S/C45H74O6/c1-4-7-10-13-16-19-21-22-24-26-29-32-35-38-44(47)50-41-42(40-49-43(46)37-34-31-28-25-18-15-12-9-6-3)51-45(48)39-36-33-30-27-23-20-17-14-11-8-5-2/h7,10,13,16,19,21-22,24-26,28-29,42H,4-6,8-9,11-12,14-15,17-18,20,23,27,30-41H2,1-3H3/b10-7-,16-13-,21-19-,24-22-,28-25-,29-26-. The number of carbonyl (C=O) groups is 3. The maximum atomic E-state index is 12.6. The summed E-state index contributed by atoms with van der Waals surface area (Å²) in [5, 5.41) is 0. The van der Waals surface area contributed by atoms with Crippen LogP contribution in [0, 0.1) is 0 Å². The average molecular weight is 711 g/mol. The van der Waals surface area contributed by atoms with Gasteiger partial charge in [-0.3, -0.25) is 14.4 Å². The van der Waals surface area contributed by atoms with Crippen LogP contribution in [0.5, 0.6) is 0 Å². The lowest BCUT2D eigenvalue weighted by Gasteiger charge is -2.18. The van der Waals surface area contributed by atoms with Gasteiger partial charge in [-0.15, -0.1) is 0 Å². The van der Waals surface area contributed by atoms with E-state index in [4.69, 9.17) is 14.2 Å². The first-order valence-electron chi connectivity index (χ1n) is 20.5. The van der Waals surface area contributed by atoms with Crippen molar-refractivity contribution in [2.45, 2.75) is 181 Å². The lowest BCUT2D eigenvalue weighted by atomic mass is 10.1. The molecular formula is C45H74O6. The van der Waals surface area contributed by atoms with Crippen molar-refractivity contribution in [3.8, 4) is 0 Å². The summed E-state index contributed by atoms with van der Waals surface area (Å²) in [5.41, 5.74) is 0. The van der Waals surface area contributed by atoms with Crippen LogP contribution in [0.25, 0.3) is 0 Å². The van der Waals surface area contributed by atoms with Gasteiger partial charge in [0.15, 0.2) is 6.10 Å². The zero-order valence-corrected chi connectivity index (χ0v) is 32.8. The van der Waals surface area contributed by atoms with Gasteiger partial charge in [0, 0.05) is 19.3 Å². The Morgan fingerprint density at radius 3 is 1.31 bits per heavy atom. The molecular weight excluding hydrogens is 636 g/mol. The normalized spacial score (nSPS) is 12.8. The molecule has 6 heteroatoms. The number of allylic oxidation sites excluding steroid dienone is 12. The number of hydrogen-bond acceptors (Lipinski definition) is 6. The Morgan fingerprint density at radius 2 is 0.804 bits per heavy atom. The smallest absolute Gasteiger partial charge is 0.306 e. The third kappa shape index (κ3) is 37.9. The highest BCUT2D eigenvalue weighted by Gasteiger charge is 2.19. The molecule has 1 unspecified atom stereocenters. The van der Waals surface area contributed by atoms with E-state index in [1.165, 1.54) is 77.0 Å². The first kappa shape index (κ1) is 47.8. The quantitative estimate of drug-likeness (QED) is 0.0214. The highest BCUT2D eigenvalue weighted by Crippen LogP contribution is 2.13. The molecule has 0 amide bonds. The lowest BCUT2D eigenvalue weighted by molar-refractivity contribution is -0.167. The molecule has 1 atom stereocenters. The molecule has 0 saturated heterocycles. The van der Waals surface area contributed by atoms with Crippen molar-refractivity contribution in [2.24, 2.45) is 0 Å². The molecule has 0 bridgehead atoms. The molecule has 0 N–H and O–H groups in total. The van der Waals surface area contributed by atoms with Crippen molar-refractivity contribution in [2.75, 3.05) is 13.2 Å². The van der Waals surface area contributed by atoms with Gasteiger partial charge in [0.25, 0.3) is 0 Å². The lowest BCUT2D eigenvalue weighted by Crippen LogP contribution is -2.30. The average Bonchev–Trinajstić information content (AvgIpc) is 3.12. The van der Waals surface area contributed by atoms with E-state index in [-0.39, 0.29) is 37.5 Å². The number of rotatable bonds is 35. The summed E-state index contributed by atoms with van der Waals surface area (Å²) in [5.74, 6) is -1.03. The molecule has 0 aliphatic rings. The van der Waals surface area contributed by atoms with Gasteiger partial charge in [-0.2, -0.15) is 0 Å². The molecule has 0 aromatic carbocycles. The minimum absolute atomic E-state index is 0.113. The first-order valence-corrected chi connectivity index (χ1v) is 20.5. The molecule has 51 heavy (non-hydrogen) atoms. The number of ether oxygens (including phenoxy) is 3. The first-order chi connectivity index (χ1) is 25.0. The molecule has 0 aliphatic heterocycles. The van der Waals surface area contributed by atoms with Crippen molar-refractivity contribution >= 4 is 17.9 Å². The van der Waals surface area contributed by atoms with E-state index in [1.54, 1.807) is 0 Å². The topological polar surface area (TPSA) is 78.9 Å². The van der Waals surface area contributed by atoms with Crippen LogP contribution < -0.4 is 0 Å². The summed E-state index contributed by atoms with van der Waals surface area (Å²) in [6.45, 7) is 6.32. The molecule has 0 aliphatic carbocycles. The molecule has 6 nitrogen and oxygen atoms in total. The molecule has 0 radical (unpaired) electrons. The Labute approximate surface area is 312 Å². The fraction of sp³-hybridized carbons (Fsp3) is 0.667. The van der Waals surface area contributed by atoms with Gasteiger partial charge >= 0.3 is 17.9 Å². The number of hydrogen-bond donors (Lipinski definition) is 0. The largest absolute Gasteiger partial charge is 0.462 e. The maximum absolute atomic E-state index is 12.6. The number of unbranched alkanes of at least 4 members (excludes halogenated alkanes) is 16. The van der Waals surface area contributed by atoms with Gasteiger partial charge in [0.05, 0.1) is 0 Å². The Hall–Kier alpha value is -3.15. The third-order valence-corrected chi connectivity index (χ3v) is 8.32. The van der Waals surface area contributed by atoms with Crippen molar-refractivity contribution in [1.82, 2.24) is 0 Å². The monoisotopic (exact) mass is 711 g/mol. The van der Waals surface area contributed by atoms with Gasteiger partial charge in [0.2, 0.25) is 0 Å². The summed E-state index contributed by atoms with van der Waals surface area (Å²) in [7, 11) is 0. The van der Waals surface area contributed by atoms with Crippen molar-refractivity contribution in [3.05, 3.63) is 72.9 Å². The van der Waals surface area contributed by atoms with E-state index in [2.05, 4.69) is 39.0 Å². The van der Waals surface area contributed by atoms with Crippen LogP contribution in [-0.4, -0.2) is 37.2 Å². The van der Waals surface area contributed by atoms with Crippen LogP contribution in [0.3, 0.4) is 0 Å². The minimum Gasteiger partial charge on any atom is -0.462 e. The summed E-state index contributed by atoms with van der Waals surface area (Å²) in [4.78, 5) is 37.5. The molecule has 0 heterocycles. The van der Waals surface area contributed by atoms with Crippen LogP contribution in [-0.2, 0) is 28.6 Å². The molecule has 290 valence electrons. The summed E-state index contributed by atoms with van der Waals surface area (Å²) < 4.78 is 16.5. The van der Waals surface area contributed by atoms with Crippen molar-refractivity contribution in [1.29, 1.82) is 0 Å². The Kier molecular flexibility index (Phi) is 37.2. The molecule has 0 saturated carbocycles. The number of carbonyl (C=O) groups excluding carboxylic acids is 3. The van der Waals surface area contributed by atoms with Crippen molar-refractivity contribution in [3.63, 3.8) is 0 Å². The van der Waals surface area contributed by atoms with Gasteiger partial charge in [-0.25, -0.2) is 0 Å². The highest BCUT2D eigenvalue weighted by atomic mass is 16.6. The van der Waals surface area contributed by atoms with E-state index >= 15 is 0 Å². The third-order valence-electron chi connectivity index (χ3n) is 8.32. The zero-order chi connectivity index (χ0) is 37.3. The van der Waals surface area contributed by atoms with Crippen LogP contribution in [0.2, 0.25) is 0 Å². The Balaban J connectivity index is 4.54. The Bertz CT molecular complexity index is 1000. The highest BCUT2D eigenvalue weighted by molar-refractivity contribution is 5.71. The second-order valence-electron chi connectivity index (χ2n) is 13.3. The minimum atomic E-state index is -0.809. The van der Waals surface area contributed by atoms with E-state index in [9.17, 15) is 14.4 Å². The van der Waals surface area contributed by atoms with Gasteiger partial charge in [0.1, 0.15) is 13.2 Å². The molecule has 0 fully saturated rings. The summed E-state index contributed by atoms with van der Waals surface area (Å²) in [6.07, 6.45) is 47.6. The summed E-state index contributed by atoms with van der Waals surface area (Å²) >= 11 is 0. The molecule has 0 spiro atoms. The van der Waals surface area contributed by atoms with Crippen LogP contribution in [0.15, 0.2) is 72.9 Å². The van der Waals surface area contributed by atoms with E-state index in [0.29, 0.717) is 25.7 Å². The fourth-order valence-electron chi connectivity index (χ4n) is 5.24.